The van der Waals surface area contributed by atoms with Crippen LogP contribution in [0.5, 0.6) is 0 Å². The minimum atomic E-state index is -4.41. The molecular formula is C16H21F3N4S. The molecule has 0 spiro atoms. The topological polar surface area (TPSA) is 49.8 Å². The van der Waals surface area contributed by atoms with Crippen molar-refractivity contribution in [2.75, 3.05) is 18.4 Å². The molecule has 0 radical (unpaired) electrons. The molecule has 2 aromatic heterocycles. The van der Waals surface area contributed by atoms with E-state index in [1.807, 2.05) is 5.38 Å². The molecule has 0 fully saturated rings. The van der Waals surface area contributed by atoms with Crippen LogP contribution in [0.2, 0.25) is 0 Å². The molecule has 132 valence electrons. The van der Waals surface area contributed by atoms with Gasteiger partial charge in [-0.1, -0.05) is 20.8 Å². The molecule has 0 atom stereocenters. The van der Waals surface area contributed by atoms with Gasteiger partial charge in [0.25, 0.3) is 0 Å². The standard InChI is InChI=1S/C16H21F3N4S/c1-15(2,3)14-23-11(10-24-14)9-20-7-8-22-13-12(16(17,18)19)5-4-6-21-13/h4-6,10,20H,7-9H2,1-3H3,(H,21,22). The predicted octanol–water partition coefficient (Wildman–Crippen LogP) is 4.06. The molecule has 2 heterocycles. The molecule has 0 aromatic carbocycles. The number of nitrogens with zero attached hydrogens (tertiary/aromatic N) is 2. The number of thiazole rings is 1. The summed E-state index contributed by atoms with van der Waals surface area (Å²) in [5.41, 5.74) is 0.218. The van der Waals surface area contributed by atoms with Crippen molar-refractivity contribution in [2.24, 2.45) is 0 Å². The number of rotatable bonds is 6. The minimum Gasteiger partial charge on any atom is -0.368 e. The first-order valence-electron chi connectivity index (χ1n) is 7.59. The summed E-state index contributed by atoms with van der Waals surface area (Å²) in [5, 5.41) is 8.96. The first-order chi connectivity index (χ1) is 11.2. The molecule has 8 heteroatoms. The Morgan fingerprint density at radius 3 is 2.54 bits per heavy atom. The molecule has 0 aliphatic carbocycles. The van der Waals surface area contributed by atoms with E-state index < -0.39 is 11.7 Å². The Balaban J connectivity index is 1.79. The van der Waals surface area contributed by atoms with Gasteiger partial charge in [0, 0.05) is 36.6 Å². The number of pyridine rings is 1. The fraction of sp³-hybridized carbons (Fsp3) is 0.500. The maximum absolute atomic E-state index is 12.8. The van der Waals surface area contributed by atoms with Crippen LogP contribution in [-0.4, -0.2) is 23.1 Å². The molecule has 0 aliphatic heterocycles. The van der Waals surface area contributed by atoms with Crippen LogP contribution in [0.4, 0.5) is 19.0 Å². The Morgan fingerprint density at radius 2 is 1.92 bits per heavy atom. The lowest BCUT2D eigenvalue weighted by Crippen LogP contribution is -2.23. The Labute approximate surface area is 143 Å². The quantitative estimate of drug-likeness (QED) is 0.765. The van der Waals surface area contributed by atoms with Gasteiger partial charge in [-0.25, -0.2) is 9.97 Å². The number of hydrogen-bond donors (Lipinski definition) is 2. The summed E-state index contributed by atoms with van der Waals surface area (Å²) in [5.74, 6) is -0.143. The molecule has 0 aliphatic rings. The summed E-state index contributed by atoms with van der Waals surface area (Å²) >= 11 is 1.62. The van der Waals surface area contributed by atoms with Gasteiger partial charge in [0.15, 0.2) is 0 Å². The van der Waals surface area contributed by atoms with E-state index in [0.29, 0.717) is 19.6 Å². The third-order valence-electron chi connectivity index (χ3n) is 3.21. The fourth-order valence-corrected chi connectivity index (χ4v) is 2.90. The summed E-state index contributed by atoms with van der Waals surface area (Å²) in [6.07, 6.45) is -3.07. The fourth-order valence-electron chi connectivity index (χ4n) is 1.99. The molecule has 0 saturated heterocycles. The summed E-state index contributed by atoms with van der Waals surface area (Å²) in [7, 11) is 0. The third-order valence-corrected chi connectivity index (χ3v) is 4.52. The Morgan fingerprint density at radius 1 is 1.17 bits per heavy atom. The number of nitrogens with one attached hydrogen (secondary N) is 2. The number of alkyl halides is 3. The SMILES string of the molecule is CC(C)(C)c1nc(CNCCNc2ncccc2C(F)(F)F)cs1. The van der Waals surface area contributed by atoms with Crippen LogP contribution >= 0.6 is 11.3 Å². The van der Waals surface area contributed by atoms with Crippen molar-refractivity contribution in [3.8, 4) is 0 Å². The van der Waals surface area contributed by atoms with Gasteiger partial charge >= 0.3 is 6.18 Å². The monoisotopic (exact) mass is 358 g/mol. The zero-order valence-electron chi connectivity index (χ0n) is 13.9. The van der Waals surface area contributed by atoms with E-state index in [4.69, 9.17) is 0 Å². The summed E-state index contributed by atoms with van der Waals surface area (Å²) < 4.78 is 38.5. The van der Waals surface area contributed by atoms with Crippen LogP contribution in [0, 0.1) is 0 Å². The molecule has 0 saturated carbocycles. The van der Waals surface area contributed by atoms with Crippen molar-refractivity contribution in [1.29, 1.82) is 0 Å². The van der Waals surface area contributed by atoms with Crippen LogP contribution in [0.15, 0.2) is 23.7 Å². The van der Waals surface area contributed by atoms with Crippen molar-refractivity contribution in [3.63, 3.8) is 0 Å². The smallest absolute Gasteiger partial charge is 0.368 e. The van der Waals surface area contributed by atoms with E-state index in [9.17, 15) is 13.2 Å². The molecule has 2 rings (SSSR count). The first kappa shape index (κ1) is 18.7. The van der Waals surface area contributed by atoms with Crippen LogP contribution in [0.1, 0.15) is 37.0 Å². The van der Waals surface area contributed by atoms with E-state index in [2.05, 4.69) is 41.4 Å². The molecule has 24 heavy (non-hydrogen) atoms. The van der Waals surface area contributed by atoms with Crippen LogP contribution < -0.4 is 10.6 Å². The van der Waals surface area contributed by atoms with Gasteiger partial charge in [0.05, 0.1) is 16.3 Å². The highest BCUT2D eigenvalue weighted by Gasteiger charge is 2.33. The Bertz CT molecular complexity index is 662. The van der Waals surface area contributed by atoms with Crippen LogP contribution in [0.25, 0.3) is 0 Å². The maximum atomic E-state index is 12.8. The second-order valence-corrected chi connectivity index (χ2v) is 7.25. The lowest BCUT2D eigenvalue weighted by atomic mass is 9.98. The molecule has 2 aromatic rings. The van der Waals surface area contributed by atoms with Gasteiger partial charge in [0.2, 0.25) is 0 Å². The van der Waals surface area contributed by atoms with Crippen molar-refractivity contribution >= 4 is 17.2 Å². The van der Waals surface area contributed by atoms with E-state index in [-0.39, 0.29) is 11.2 Å². The van der Waals surface area contributed by atoms with Gasteiger partial charge in [-0.05, 0) is 12.1 Å². The lowest BCUT2D eigenvalue weighted by Gasteiger charge is -2.14. The summed E-state index contributed by atoms with van der Waals surface area (Å²) in [4.78, 5) is 8.32. The minimum absolute atomic E-state index is 0.0252. The van der Waals surface area contributed by atoms with Crippen molar-refractivity contribution in [3.05, 3.63) is 40.0 Å². The summed E-state index contributed by atoms with van der Waals surface area (Å²) in [6, 6.07) is 2.30. The van der Waals surface area contributed by atoms with Crippen molar-refractivity contribution < 1.29 is 13.2 Å². The molecule has 4 nitrogen and oxygen atoms in total. The molecular weight excluding hydrogens is 337 g/mol. The molecule has 0 bridgehead atoms. The van der Waals surface area contributed by atoms with Gasteiger partial charge in [-0.15, -0.1) is 11.3 Å². The number of hydrogen-bond acceptors (Lipinski definition) is 5. The number of aromatic nitrogens is 2. The second kappa shape index (κ2) is 7.48. The van der Waals surface area contributed by atoms with E-state index in [1.54, 1.807) is 11.3 Å². The average Bonchev–Trinajstić information content (AvgIpc) is 2.95. The highest BCUT2D eigenvalue weighted by Crippen LogP contribution is 2.33. The zero-order valence-corrected chi connectivity index (χ0v) is 14.7. The molecule has 0 unspecified atom stereocenters. The largest absolute Gasteiger partial charge is 0.419 e. The van der Waals surface area contributed by atoms with Crippen molar-refractivity contribution in [1.82, 2.24) is 15.3 Å². The normalized spacial score (nSPS) is 12.4. The Hall–Kier alpha value is -1.67. The number of anilines is 1. The van der Waals surface area contributed by atoms with Gasteiger partial charge < -0.3 is 10.6 Å². The van der Waals surface area contributed by atoms with E-state index >= 15 is 0 Å². The van der Waals surface area contributed by atoms with Gasteiger partial charge in [0.1, 0.15) is 5.82 Å². The summed E-state index contributed by atoms with van der Waals surface area (Å²) in [6.45, 7) is 7.77. The van der Waals surface area contributed by atoms with Gasteiger partial charge in [-0.2, -0.15) is 13.2 Å². The van der Waals surface area contributed by atoms with E-state index in [0.717, 1.165) is 16.8 Å². The first-order valence-corrected chi connectivity index (χ1v) is 8.47. The average molecular weight is 358 g/mol. The van der Waals surface area contributed by atoms with Crippen LogP contribution in [0.3, 0.4) is 0 Å². The predicted molar refractivity (Wildman–Crippen MR) is 90.2 cm³/mol. The second-order valence-electron chi connectivity index (χ2n) is 6.39. The maximum Gasteiger partial charge on any atom is 0.419 e. The molecule has 2 N–H and O–H groups in total. The lowest BCUT2D eigenvalue weighted by molar-refractivity contribution is -0.137. The van der Waals surface area contributed by atoms with Crippen molar-refractivity contribution in [2.45, 2.75) is 38.9 Å². The van der Waals surface area contributed by atoms with Crippen LogP contribution in [-0.2, 0) is 18.1 Å². The highest BCUT2D eigenvalue weighted by molar-refractivity contribution is 7.09. The highest BCUT2D eigenvalue weighted by atomic mass is 32.1. The third kappa shape index (κ3) is 5.17. The zero-order chi connectivity index (χ0) is 17.8. The van der Waals surface area contributed by atoms with Gasteiger partial charge in [-0.3, -0.25) is 0 Å². The van der Waals surface area contributed by atoms with E-state index in [1.165, 1.54) is 12.3 Å². The Kier molecular flexibility index (Phi) is 5.82. The number of halogens is 3. The molecule has 0 amide bonds.